The van der Waals surface area contributed by atoms with Crippen molar-refractivity contribution in [1.29, 1.82) is 0 Å². The number of ether oxygens (including phenoxy) is 1. The van der Waals surface area contributed by atoms with Gasteiger partial charge in [0, 0.05) is 0 Å². The molecule has 1 atom stereocenters. The van der Waals surface area contributed by atoms with Gasteiger partial charge in [0.1, 0.15) is 0 Å². The number of benzene rings is 2. The number of H-pyrrole nitrogens is 1. The second kappa shape index (κ2) is 8.77. The van der Waals surface area contributed by atoms with Crippen LogP contribution >= 0.6 is 0 Å². The first-order valence-corrected chi connectivity index (χ1v) is 13.0. The maximum atomic E-state index is 14.5. The number of para-hydroxylation sites is 1. The summed E-state index contributed by atoms with van der Waals surface area (Å²) in [6, 6.07) is 14.2. The van der Waals surface area contributed by atoms with Gasteiger partial charge in [0.2, 0.25) is 0 Å². The van der Waals surface area contributed by atoms with Crippen LogP contribution in [0, 0.1) is 5.82 Å². The number of hydrogen-bond donors (Lipinski definition) is 4. The number of alkyl halides is 1. The Bertz CT molecular complexity index is 1440. The second-order valence-corrected chi connectivity index (χ2v) is 10.5. The third kappa shape index (κ3) is 3.93. The molecule has 0 spiro atoms. The summed E-state index contributed by atoms with van der Waals surface area (Å²) in [6.45, 7) is 0. The molecule has 0 saturated carbocycles. The molecule has 3 aliphatic rings. The molecule has 0 saturated heterocycles. The van der Waals surface area contributed by atoms with Gasteiger partial charge in [-0.1, -0.05) is 0 Å². The Morgan fingerprint density at radius 3 is 2.89 bits per heavy atom. The van der Waals surface area contributed by atoms with Gasteiger partial charge in [-0.05, 0) is 0 Å². The van der Waals surface area contributed by atoms with E-state index in [2.05, 4.69) is 25.9 Å². The van der Waals surface area contributed by atoms with E-state index in [1.54, 1.807) is 24.5 Å². The van der Waals surface area contributed by atoms with Crippen LogP contribution in [0.4, 0.5) is 27.1 Å². The second-order valence-electron chi connectivity index (χ2n) is 8.06. The number of nitrogens with zero attached hydrogens (tertiary/aromatic N) is 1. The fourth-order valence-electron chi connectivity index (χ4n) is 4.29. The molecule has 7 rings (SSSR count). The van der Waals surface area contributed by atoms with Crippen molar-refractivity contribution in [2.24, 2.45) is 0 Å². The summed E-state index contributed by atoms with van der Waals surface area (Å²) in [6.07, 6.45) is 4.02. The average Bonchev–Trinajstić information content (AvgIpc) is 3.22. The van der Waals surface area contributed by atoms with Crippen molar-refractivity contribution in [3.63, 3.8) is 0 Å². The van der Waals surface area contributed by atoms with Gasteiger partial charge >= 0.3 is 212 Å². The zero-order valence-electron chi connectivity index (χ0n) is 18.5. The molecule has 10 heteroatoms. The number of rotatable bonds is 3. The molecule has 0 fully saturated rings. The Hall–Kier alpha value is -3.80. The van der Waals surface area contributed by atoms with Crippen LogP contribution in [0.15, 0.2) is 60.9 Å². The van der Waals surface area contributed by atoms with Crippen LogP contribution in [-0.4, -0.2) is 27.0 Å². The van der Waals surface area contributed by atoms with Crippen LogP contribution in [0.25, 0.3) is 11.3 Å². The predicted molar refractivity (Wildman–Crippen MR) is 126 cm³/mol. The zero-order chi connectivity index (χ0) is 23.9. The number of halogens is 2. The summed E-state index contributed by atoms with van der Waals surface area (Å²) in [5.41, 5.74) is 5.35. The number of amides is 1. The first kappa shape index (κ1) is 21.7. The van der Waals surface area contributed by atoms with Crippen LogP contribution in [0.3, 0.4) is 0 Å². The first-order valence-electron chi connectivity index (χ1n) is 10.9. The zero-order valence-corrected chi connectivity index (χ0v) is 20.6. The Labute approximate surface area is 211 Å². The number of pyridine rings is 1. The predicted octanol–water partition coefficient (Wildman–Crippen LogP) is 1.72. The topological polar surface area (TPSA) is 100 Å². The minimum atomic E-state index is -0.812. The SMILES string of the molecule is COc1c(F)cccc1Nc1c2[nH]c3c1C(=O)NC(C3)[I-]Oc1ccc(cc1)Nc1cnccc1-2. The van der Waals surface area contributed by atoms with Crippen molar-refractivity contribution in [2.45, 2.75) is 10.5 Å². The quantitative estimate of drug-likeness (QED) is 0.166. The molecule has 5 heterocycles. The van der Waals surface area contributed by atoms with Crippen molar-refractivity contribution in [2.75, 3.05) is 17.7 Å². The Morgan fingerprint density at radius 2 is 2.06 bits per heavy atom. The van der Waals surface area contributed by atoms with Crippen molar-refractivity contribution < 1.29 is 38.6 Å². The molecule has 1 unspecified atom stereocenters. The third-order valence-corrected chi connectivity index (χ3v) is 8.00. The average molecular weight is 584 g/mol. The van der Waals surface area contributed by atoms with Gasteiger partial charge in [0.25, 0.3) is 0 Å². The van der Waals surface area contributed by atoms with Gasteiger partial charge in [0.05, 0.1) is 0 Å². The van der Waals surface area contributed by atoms with Gasteiger partial charge in [-0.25, -0.2) is 0 Å². The summed E-state index contributed by atoms with van der Waals surface area (Å²) >= 11 is -0.812. The van der Waals surface area contributed by atoms with Crippen molar-refractivity contribution in [3.05, 3.63) is 78.0 Å². The van der Waals surface area contributed by atoms with Gasteiger partial charge in [-0.2, -0.15) is 0 Å². The van der Waals surface area contributed by atoms with Crippen molar-refractivity contribution in [3.8, 4) is 22.8 Å². The van der Waals surface area contributed by atoms with E-state index in [1.807, 2.05) is 30.3 Å². The number of nitrogens with one attached hydrogen (secondary N) is 4. The van der Waals surface area contributed by atoms with Gasteiger partial charge in [-0.3, -0.25) is 0 Å². The van der Waals surface area contributed by atoms with Crippen molar-refractivity contribution >= 4 is 28.7 Å². The molecule has 2 aromatic carbocycles. The van der Waals surface area contributed by atoms with Crippen LogP contribution in [0.5, 0.6) is 11.5 Å². The number of carbonyl (C=O) groups is 1. The van der Waals surface area contributed by atoms with Crippen LogP contribution in [-0.2, 0) is 6.42 Å². The van der Waals surface area contributed by atoms with Crippen LogP contribution in [0.2, 0.25) is 0 Å². The van der Waals surface area contributed by atoms with E-state index >= 15 is 0 Å². The molecule has 4 aromatic rings. The third-order valence-electron chi connectivity index (χ3n) is 5.87. The Morgan fingerprint density at radius 1 is 1.20 bits per heavy atom. The number of aromatic nitrogens is 2. The van der Waals surface area contributed by atoms with E-state index in [4.69, 9.17) is 7.80 Å². The molecule has 3 aliphatic heterocycles. The van der Waals surface area contributed by atoms with E-state index in [0.717, 1.165) is 28.4 Å². The standard InChI is InChI=1S/C25H20FIN5O3/c1-34-24-16(26)3-2-4-17(24)30-23-21-18-11-20(32-25(21)33)27-35-14-7-5-13(6-8-14)29-19-12-28-10-9-15(19)22(23)31-18/h2-10,12,20,29-31H,11H2,1H3,(H,32,33)/q-1. The molecule has 1 amide bonds. The summed E-state index contributed by atoms with van der Waals surface area (Å²) in [5, 5.41) is 9.78. The molecular weight excluding hydrogens is 564 g/mol. The monoisotopic (exact) mass is 584 g/mol. The summed E-state index contributed by atoms with van der Waals surface area (Å²) in [7, 11) is 1.41. The van der Waals surface area contributed by atoms with Gasteiger partial charge in [0.15, 0.2) is 0 Å². The molecule has 0 radical (unpaired) electrons. The van der Waals surface area contributed by atoms with Gasteiger partial charge < -0.3 is 0 Å². The summed E-state index contributed by atoms with van der Waals surface area (Å²) < 4.78 is 25.7. The van der Waals surface area contributed by atoms with E-state index in [0.29, 0.717) is 29.1 Å². The molecule has 0 aliphatic carbocycles. The minimum absolute atomic E-state index is 0.0700. The van der Waals surface area contributed by atoms with Crippen molar-refractivity contribution in [1.82, 2.24) is 15.3 Å². The fraction of sp³-hybridized carbons (Fsp3) is 0.120. The summed E-state index contributed by atoms with van der Waals surface area (Å²) in [5.74, 6) is 0.121. The Kier molecular flexibility index (Phi) is 5.44. The van der Waals surface area contributed by atoms with Crippen LogP contribution < -0.4 is 45.4 Å². The van der Waals surface area contributed by atoms with E-state index in [9.17, 15) is 9.18 Å². The van der Waals surface area contributed by atoms with E-state index in [1.165, 1.54) is 13.2 Å². The molecule has 178 valence electrons. The Balaban J connectivity index is 1.56. The number of fused-ring (bicyclic) bond motifs is 3. The first-order chi connectivity index (χ1) is 17.1. The molecule has 5 bridgehead atoms. The molecule has 35 heavy (non-hydrogen) atoms. The summed E-state index contributed by atoms with van der Waals surface area (Å²) in [4.78, 5) is 21.1. The number of aromatic amines is 1. The molecular formula is C25H20FIN5O3-. The molecule has 2 aromatic heterocycles. The number of carbonyl (C=O) groups excluding carboxylic acids is 1. The molecule has 8 nitrogen and oxygen atoms in total. The molecule has 4 N–H and O–H groups in total. The normalized spacial score (nSPS) is 16.2. The number of hydrogen-bond acceptors (Lipinski definition) is 6. The van der Waals surface area contributed by atoms with E-state index in [-0.39, 0.29) is 15.7 Å². The van der Waals surface area contributed by atoms with Gasteiger partial charge in [-0.15, -0.1) is 0 Å². The number of anilines is 4. The van der Waals surface area contributed by atoms with E-state index < -0.39 is 27.4 Å². The number of methoxy groups -OCH3 is 1. The fourth-order valence-corrected chi connectivity index (χ4v) is 6.22. The maximum absolute atomic E-state index is 14.5. The van der Waals surface area contributed by atoms with Crippen LogP contribution in [0.1, 0.15) is 16.1 Å².